The monoisotopic (exact) mass is 240 g/mol. The fourth-order valence-electron chi connectivity index (χ4n) is 3.47. The van der Waals surface area contributed by atoms with E-state index in [0.717, 1.165) is 6.42 Å². The molecule has 0 saturated carbocycles. The van der Waals surface area contributed by atoms with Gasteiger partial charge >= 0.3 is 0 Å². The summed E-state index contributed by atoms with van der Waals surface area (Å²) in [7, 11) is 0. The molecule has 0 aromatic carbocycles. The highest BCUT2D eigenvalue weighted by Crippen LogP contribution is 2.45. The van der Waals surface area contributed by atoms with E-state index in [1.807, 2.05) is 0 Å². The van der Waals surface area contributed by atoms with Crippen molar-refractivity contribution in [3.63, 3.8) is 0 Å². The van der Waals surface area contributed by atoms with Crippen molar-refractivity contribution in [3.8, 4) is 0 Å². The van der Waals surface area contributed by atoms with Crippen molar-refractivity contribution in [1.29, 1.82) is 0 Å². The Bertz CT molecular complexity index is 432. The second-order valence-electron chi connectivity index (χ2n) is 5.63. The predicted molar refractivity (Wildman–Crippen MR) is 80.3 cm³/mol. The Morgan fingerprint density at radius 1 is 1.06 bits per heavy atom. The van der Waals surface area contributed by atoms with Crippen molar-refractivity contribution >= 4 is 0 Å². The van der Waals surface area contributed by atoms with Crippen LogP contribution in [0.4, 0.5) is 0 Å². The van der Waals surface area contributed by atoms with E-state index in [0.29, 0.717) is 17.8 Å². The minimum Gasteiger partial charge on any atom is -0.103 e. The van der Waals surface area contributed by atoms with Crippen molar-refractivity contribution < 1.29 is 0 Å². The highest BCUT2D eigenvalue weighted by molar-refractivity contribution is 5.47. The van der Waals surface area contributed by atoms with Crippen LogP contribution in [-0.2, 0) is 0 Å². The van der Waals surface area contributed by atoms with Gasteiger partial charge in [0.25, 0.3) is 0 Å². The number of hydrogen-bond acceptors (Lipinski definition) is 0. The first-order chi connectivity index (χ1) is 8.57. The first-order valence-electron chi connectivity index (χ1n) is 6.89. The average molecular weight is 240 g/mol. The lowest BCUT2D eigenvalue weighted by atomic mass is 9.75. The minimum atomic E-state index is 0.566. The molecular formula is C18H24. The molecule has 0 radical (unpaired) electrons. The van der Waals surface area contributed by atoms with Crippen LogP contribution in [0.15, 0.2) is 59.3 Å². The second-order valence-corrected chi connectivity index (χ2v) is 5.63. The van der Waals surface area contributed by atoms with E-state index in [2.05, 4.69) is 64.7 Å². The van der Waals surface area contributed by atoms with Crippen LogP contribution in [0.25, 0.3) is 0 Å². The summed E-state index contributed by atoms with van der Waals surface area (Å²) in [5, 5.41) is 0. The first-order valence-corrected chi connectivity index (χ1v) is 6.89. The molecule has 0 amide bonds. The van der Waals surface area contributed by atoms with Gasteiger partial charge in [0.1, 0.15) is 0 Å². The van der Waals surface area contributed by atoms with E-state index in [-0.39, 0.29) is 0 Å². The Labute approximate surface area is 111 Å². The summed E-state index contributed by atoms with van der Waals surface area (Å²) in [6.07, 6.45) is 12.2. The molecule has 0 spiro atoms. The molecule has 0 heterocycles. The van der Waals surface area contributed by atoms with Crippen molar-refractivity contribution in [1.82, 2.24) is 0 Å². The van der Waals surface area contributed by atoms with E-state index in [1.165, 1.54) is 11.1 Å². The van der Waals surface area contributed by atoms with Crippen LogP contribution in [0.1, 0.15) is 34.1 Å². The van der Waals surface area contributed by atoms with Crippen molar-refractivity contribution in [2.45, 2.75) is 34.1 Å². The third-order valence-electron chi connectivity index (χ3n) is 4.82. The molecule has 18 heavy (non-hydrogen) atoms. The maximum atomic E-state index is 3.95. The van der Waals surface area contributed by atoms with Gasteiger partial charge in [-0.05, 0) is 57.1 Å². The van der Waals surface area contributed by atoms with Gasteiger partial charge in [-0.15, -0.1) is 6.58 Å². The summed E-state index contributed by atoms with van der Waals surface area (Å²) in [5.41, 5.74) is 6.12. The van der Waals surface area contributed by atoms with E-state index < -0.39 is 0 Å². The third-order valence-corrected chi connectivity index (χ3v) is 4.82. The molecule has 0 N–H and O–H groups in total. The maximum Gasteiger partial charge on any atom is 0.00529 e. The zero-order valence-corrected chi connectivity index (χ0v) is 12.0. The van der Waals surface area contributed by atoms with E-state index in [9.17, 15) is 0 Å². The van der Waals surface area contributed by atoms with Crippen molar-refractivity contribution in [3.05, 3.63) is 59.3 Å². The van der Waals surface area contributed by atoms with Gasteiger partial charge < -0.3 is 0 Å². The van der Waals surface area contributed by atoms with Gasteiger partial charge in [-0.3, -0.25) is 0 Å². The SMILES string of the molecule is C=CCC(C1C=CC=C1)C1C(C)=C(C)C(C)=C1C. The maximum absolute atomic E-state index is 3.95. The van der Waals surface area contributed by atoms with Gasteiger partial charge in [-0.1, -0.05) is 41.5 Å². The lowest BCUT2D eigenvalue weighted by Crippen LogP contribution is -2.21. The Hall–Kier alpha value is -1.30. The molecular weight excluding hydrogens is 216 g/mol. The van der Waals surface area contributed by atoms with E-state index in [1.54, 1.807) is 11.1 Å². The summed E-state index contributed by atoms with van der Waals surface area (Å²) in [5.74, 6) is 1.79. The first kappa shape index (κ1) is 13.1. The Balaban J connectivity index is 2.35. The van der Waals surface area contributed by atoms with Gasteiger partial charge in [0.05, 0.1) is 0 Å². The van der Waals surface area contributed by atoms with Crippen LogP contribution in [-0.4, -0.2) is 0 Å². The normalized spacial score (nSPS) is 22.4. The number of hydrogen-bond donors (Lipinski definition) is 0. The topological polar surface area (TPSA) is 0 Å². The molecule has 0 saturated heterocycles. The molecule has 0 heteroatoms. The van der Waals surface area contributed by atoms with Gasteiger partial charge in [-0.2, -0.15) is 0 Å². The van der Waals surface area contributed by atoms with Crippen LogP contribution in [0.5, 0.6) is 0 Å². The minimum absolute atomic E-state index is 0.566. The summed E-state index contributed by atoms with van der Waals surface area (Å²) >= 11 is 0. The molecule has 0 aliphatic heterocycles. The summed E-state index contributed by atoms with van der Waals surface area (Å²) < 4.78 is 0. The zero-order chi connectivity index (χ0) is 13.3. The molecule has 96 valence electrons. The smallest absolute Gasteiger partial charge is 0.00529 e. The van der Waals surface area contributed by atoms with Crippen LogP contribution in [0, 0.1) is 17.8 Å². The van der Waals surface area contributed by atoms with Gasteiger partial charge in [0.2, 0.25) is 0 Å². The number of rotatable bonds is 4. The Kier molecular flexibility index (Phi) is 3.75. The molecule has 0 fully saturated rings. The van der Waals surface area contributed by atoms with Gasteiger partial charge in [0, 0.05) is 5.92 Å². The van der Waals surface area contributed by atoms with Crippen LogP contribution in [0.3, 0.4) is 0 Å². The van der Waals surface area contributed by atoms with E-state index >= 15 is 0 Å². The predicted octanol–water partition coefficient (Wildman–Crippen LogP) is 5.22. The van der Waals surface area contributed by atoms with Crippen molar-refractivity contribution in [2.24, 2.45) is 17.8 Å². The average Bonchev–Trinajstić information content (AvgIpc) is 2.94. The highest BCUT2D eigenvalue weighted by Gasteiger charge is 2.33. The highest BCUT2D eigenvalue weighted by atomic mass is 14.4. The molecule has 0 bridgehead atoms. The number of allylic oxidation sites excluding steroid dienone is 9. The van der Waals surface area contributed by atoms with Crippen LogP contribution in [0.2, 0.25) is 0 Å². The molecule has 1 unspecified atom stereocenters. The fraction of sp³-hybridized carbons (Fsp3) is 0.444. The Morgan fingerprint density at radius 3 is 2.00 bits per heavy atom. The van der Waals surface area contributed by atoms with Gasteiger partial charge in [-0.25, -0.2) is 0 Å². The molecule has 2 aliphatic carbocycles. The quantitative estimate of drug-likeness (QED) is 0.591. The molecule has 0 aromatic heterocycles. The lowest BCUT2D eigenvalue weighted by molar-refractivity contribution is 0.374. The van der Waals surface area contributed by atoms with Crippen LogP contribution < -0.4 is 0 Å². The second kappa shape index (κ2) is 5.14. The summed E-state index contributed by atoms with van der Waals surface area (Å²) in [4.78, 5) is 0. The Morgan fingerprint density at radius 2 is 1.56 bits per heavy atom. The standard InChI is InChI=1S/C18H24/c1-6-9-17(16-10-7-8-11-16)18-14(4)12(2)13(3)15(18)5/h6-8,10-11,16-18H,1,9H2,2-5H3. The zero-order valence-electron chi connectivity index (χ0n) is 12.0. The summed E-state index contributed by atoms with van der Waals surface area (Å²) in [6, 6.07) is 0. The molecule has 2 rings (SSSR count). The van der Waals surface area contributed by atoms with Crippen molar-refractivity contribution in [2.75, 3.05) is 0 Å². The largest absolute Gasteiger partial charge is 0.103 e. The lowest BCUT2D eigenvalue weighted by Gasteiger charge is -2.29. The third kappa shape index (κ3) is 2.05. The summed E-state index contributed by atoms with van der Waals surface area (Å²) in [6.45, 7) is 13.1. The molecule has 1 atom stereocenters. The fourth-order valence-corrected chi connectivity index (χ4v) is 3.47. The van der Waals surface area contributed by atoms with Crippen LogP contribution >= 0.6 is 0 Å². The molecule has 2 aliphatic rings. The molecule has 0 nitrogen and oxygen atoms in total. The van der Waals surface area contributed by atoms with E-state index in [4.69, 9.17) is 0 Å². The molecule has 0 aromatic rings. The van der Waals surface area contributed by atoms with Gasteiger partial charge in [0.15, 0.2) is 0 Å².